The Bertz CT molecular complexity index is 649. The molecule has 2 aromatic rings. The first-order chi connectivity index (χ1) is 10.2. The van der Waals surface area contributed by atoms with Crippen LogP contribution in [-0.2, 0) is 4.79 Å². The Morgan fingerprint density at radius 2 is 2.10 bits per heavy atom. The summed E-state index contributed by atoms with van der Waals surface area (Å²) in [5.41, 5.74) is 2.02. The zero-order valence-corrected chi connectivity index (χ0v) is 13.1. The van der Waals surface area contributed by atoms with Crippen molar-refractivity contribution in [3.05, 3.63) is 29.1 Å². The molecular formula is C16H18N2O2S. The van der Waals surface area contributed by atoms with Crippen LogP contribution in [0.1, 0.15) is 24.6 Å². The molecule has 1 fully saturated rings. The summed E-state index contributed by atoms with van der Waals surface area (Å²) >= 11 is 1.59. The van der Waals surface area contributed by atoms with Crippen LogP contribution in [0.25, 0.3) is 11.3 Å². The van der Waals surface area contributed by atoms with E-state index in [0.717, 1.165) is 40.0 Å². The fourth-order valence-corrected chi connectivity index (χ4v) is 3.47. The summed E-state index contributed by atoms with van der Waals surface area (Å²) in [4.78, 5) is 19.4. The Morgan fingerprint density at radius 3 is 2.71 bits per heavy atom. The number of aromatic nitrogens is 1. The third-order valence-electron chi connectivity index (χ3n) is 3.53. The summed E-state index contributed by atoms with van der Waals surface area (Å²) in [6.45, 7) is 5.47. The molecule has 1 aliphatic rings. The number of benzene rings is 1. The molecule has 110 valence electrons. The predicted octanol–water partition coefficient (Wildman–Crippen LogP) is 3.64. The van der Waals surface area contributed by atoms with Gasteiger partial charge in [0, 0.05) is 23.4 Å². The number of nitrogens with zero attached hydrogens (tertiary/aromatic N) is 2. The molecule has 2 heterocycles. The highest BCUT2D eigenvalue weighted by atomic mass is 32.1. The summed E-state index contributed by atoms with van der Waals surface area (Å²) in [5, 5.41) is 0.818. The molecule has 0 bridgehead atoms. The van der Waals surface area contributed by atoms with Crippen LogP contribution in [0.3, 0.4) is 0 Å². The van der Waals surface area contributed by atoms with E-state index in [1.54, 1.807) is 16.2 Å². The number of ether oxygens (including phenoxy) is 1. The van der Waals surface area contributed by atoms with Crippen molar-refractivity contribution in [1.82, 2.24) is 4.98 Å². The number of anilines is 1. The number of amides is 1. The molecule has 0 saturated carbocycles. The van der Waals surface area contributed by atoms with Crippen LogP contribution in [0.5, 0.6) is 5.75 Å². The van der Waals surface area contributed by atoms with Crippen LogP contribution < -0.4 is 9.64 Å². The van der Waals surface area contributed by atoms with E-state index in [4.69, 9.17) is 4.74 Å². The van der Waals surface area contributed by atoms with Crippen molar-refractivity contribution in [1.29, 1.82) is 0 Å². The van der Waals surface area contributed by atoms with Crippen molar-refractivity contribution in [2.45, 2.75) is 26.7 Å². The van der Waals surface area contributed by atoms with Gasteiger partial charge in [0.25, 0.3) is 0 Å². The molecule has 3 rings (SSSR count). The van der Waals surface area contributed by atoms with Crippen LogP contribution in [0, 0.1) is 6.92 Å². The number of thiazole rings is 1. The summed E-state index contributed by atoms with van der Waals surface area (Å²) < 4.78 is 5.46. The minimum atomic E-state index is 0.182. The number of carbonyl (C=O) groups excluding carboxylic acids is 1. The van der Waals surface area contributed by atoms with Gasteiger partial charge in [-0.05, 0) is 44.5 Å². The smallest absolute Gasteiger partial charge is 0.228 e. The molecule has 1 saturated heterocycles. The van der Waals surface area contributed by atoms with Gasteiger partial charge in [-0.1, -0.05) is 0 Å². The molecule has 0 atom stereocenters. The van der Waals surface area contributed by atoms with Gasteiger partial charge in [-0.2, -0.15) is 0 Å². The Hall–Kier alpha value is -1.88. The third-order valence-corrected chi connectivity index (χ3v) is 4.52. The Balaban J connectivity index is 1.88. The van der Waals surface area contributed by atoms with Gasteiger partial charge in [0.15, 0.2) is 5.13 Å². The standard InChI is InChI=1S/C16H18N2O2S/c1-3-20-13-8-6-12(7-9-13)15-11(2)21-16(17-15)18-10-4-5-14(18)19/h6-9H,3-5,10H2,1-2H3. The molecule has 1 amide bonds. The van der Waals surface area contributed by atoms with Crippen molar-refractivity contribution < 1.29 is 9.53 Å². The van der Waals surface area contributed by atoms with E-state index >= 15 is 0 Å². The van der Waals surface area contributed by atoms with Gasteiger partial charge in [0.2, 0.25) is 5.91 Å². The molecule has 1 aromatic carbocycles. The van der Waals surface area contributed by atoms with Crippen molar-refractivity contribution >= 4 is 22.4 Å². The van der Waals surface area contributed by atoms with E-state index in [1.165, 1.54) is 0 Å². The molecular weight excluding hydrogens is 284 g/mol. The topological polar surface area (TPSA) is 42.4 Å². The van der Waals surface area contributed by atoms with Crippen LogP contribution in [0.2, 0.25) is 0 Å². The second-order valence-electron chi connectivity index (χ2n) is 5.01. The fraction of sp³-hybridized carbons (Fsp3) is 0.375. The lowest BCUT2D eigenvalue weighted by atomic mass is 10.1. The molecule has 0 radical (unpaired) electrons. The maximum atomic E-state index is 11.8. The SMILES string of the molecule is CCOc1ccc(-c2nc(N3CCCC3=O)sc2C)cc1. The maximum Gasteiger partial charge on any atom is 0.228 e. The number of rotatable bonds is 4. The summed E-state index contributed by atoms with van der Waals surface area (Å²) in [5.74, 6) is 1.05. The van der Waals surface area contributed by atoms with E-state index in [1.807, 2.05) is 38.1 Å². The molecule has 0 N–H and O–H groups in total. The molecule has 0 spiro atoms. The highest BCUT2D eigenvalue weighted by molar-refractivity contribution is 7.16. The average Bonchev–Trinajstić information content (AvgIpc) is 3.06. The highest BCUT2D eigenvalue weighted by Crippen LogP contribution is 2.34. The lowest BCUT2D eigenvalue weighted by Crippen LogP contribution is -2.23. The Labute approximate surface area is 128 Å². The van der Waals surface area contributed by atoms with Gasteiger partial charge in [-0.15, -0.1) is 11.3 Å². The van der Waals surface area contributed by atoms with Gasteiger partial charge in [0.1, 0.15) is 5.75 Å². The predicted molar refractivity (Wildman–Crippen MR) is 85.0 cm³/mol. The second kappa shape index (κ2) is 5.85. The second-order valence-corrected chi connectivity index (χ2v) is 6.19. The minimum absolute atomic E-state index is 0.182. The first kappa shape index (κ1) is 14.1. The normalized spacial score (nSPS) is 14.8. The summed E-state index contributed by atoms with van der Waals surface area (Å²) in [7, 11) is 0. The Kier molecular flexibility index (Phi) is 3.92. The van der Waals surface area contributed by atoms with E-state index < -0.39 is 0 Å². The van der Waals surface area contributed by atoms with Crippen LogP contribution in [0.4, 0.5) is 5.13 Å². The van der Waals surface area contributed by atoms with E-state index in [2.05, 4.69) is 4.98 Å². The van der Waals surface area contributed by atoms with Gasteiger partial charge in [-0.25, -0.2) is 4.98 Å². The van der Waals surface area contributed by atoms with E-state index in [-0.39, 0.29) is 5.91 Å². The monoisotopic (exact) mass is 302 g/mol. The lowest BCUT2D eigenvalue weighted by molar-refractivity contribution is -0.117. The number of carbonyl (C=O) groups is 1. The van der Waals surface area contributed by atoms with E-state index in [0.29, 0.717) is 13.0 Å². The molecule has 1 aliphatic heterocycles. The number of hydrogen-bond donors (Lipinski definition) is 0. The van der Waals surface area contributed by atoms with Crippen LogP contribution >= 0.6 is 11.3 Å². The minimum Gasteiger partial charge on any atom is -0.494 e. The Morgan fingerprint density at radius 1 is 1.33 bits per heavy atom. The van der Waals surface area contributed by atoms with E-state index in [9.17, 15) is 4.79 Å². The molecule has 21 heavy (non-hydrogen) atoms. The van der Waals surface area contributed by atoms with Crippen LogP contribution in [-0.4, -0.2) is 24.0 Å². The maximum absolute atomic E-state index is 11.8. The molecule has 1 aromatic heterocycles. The molecule has 4 nitrogen and oxygen atoms in total. The van der Waals surface area contributed by atoms with Crippen molar-refractivity contribution in [3.8, 4) is 17.0 Å². The summed E-state index contributed by atoms with van der Waals surface area (Å²) in [6.07, 6.45) is 1.56. The number of aryl methyl sites for hydroxylation is 1. The molecule has 0 unspecified atom stereocenters. The average molecular weight is 302 g/mol. The largest absolute Gasteiger partial charge is 0.494 e. The van der Waals surface area contributed by atoms with Gasteiger partial charge in [0.05, 0.1) is 12.3 Å². The third kappa shape index (κ3) is 2.78. The van der Waals surface area contributed by atoms with Crippen LogP contribution in [0.15, 0.2) is 24.3 Å². The molecule has 0 aliphatic carbocycles. The highest BCUT2D eigenvalue weighted by Gasteiger charge is 2.25. The fourth-order valence-electron chi connectivity index (χ4n) is 2.49. The molecule has 5 heteroatoms. The lowest BCUT2D eigenvalue weighted by Gasteiger charge is -2.10. The zero-order valence-electron chi connectivity index (χ0n) is 12.3. The number of hydrogen-bond acceptors (Lipinski definition) is 4. The van der Waals surface area contributed by atoms with Gasteiger partial charge < -0.3 is 4.74 Å². The summed E-state index contributed by atoms with van der Waals surface area (Å²) in [6, 6.07) is 7.95. The van der Waals surface area contributed by atoms with Gasteiger partial charge >= 0.3 is 0 Å². The van der Waals surface area contributed by atoms with Crippen molar-refractivity contribution in [2.75, 3.05) is 18.1 Å². The zero-order chi connectivity index (χ0) is 14.8. The van der Waals surface area contributed by atoms with Crippen molar-refractivity contribution in [3.63, 3.8) is 0 Å². The first-order valence-corrected chi connectivity index (χ1v) is 8.01. The first-order valence-electron chi connectivity index (χ1n) is 7.20. The van der Waals surface area contributed by atoms with Gasteiger partial charge in [-0.3, -0.25) is 9.69 Å². The quantitative estimate of drug-likeness (QED) is 0.866. The van der Waals surface area contributed by atoms with Crippen molar-refractivity contribution in [2.24, 2.45) is 0 Å².